The molecule has 0 N–H and O–H groups in total. The number of ether oxygens (including phenoxy) is 1. The molecule has 1 aliphatic rings. The third kappa shape index (κ3) is 6.22. The van der Waals surface area contributed by atoms with E-state index in [1.54, 1.807) is 6.07 Å². The second kappa shape index (κ2) is 14.3. The number of aromatic nitrogens is 3. The van der Waals surface area contributed by atoms with Crippen molar-refractivity contribution in [1.29, 1.82) is 0 Å². The molecule has 10 aromatic rings. The maximum atomic E-state index is 9.88. The van der Waals surface area contributed by atoms with Crippen LogP contribution in [0.5, 0.6) is 11.5 Å². The fourth-order valence-electron chi connectivity index (χ4n) is 8.67. The number of anilines is 4. The Kier molecular flexibility index (Phi) is 7.36. The predicted molar refractivity (Wildman–Crippen MR) is 253 cm³/mol. The highest BCUT2D eigenvalue weighted by Gasteiger charge is 2.32. The molecule has 6 nitrogen and oxygen atoms in total. The van der Waals surface area contributed by atoms with Crippen LogP contribution in [0.3, 0.4) is 0 Å². The summed E-state index contributed by atoms with van der Waals surface area (Å²) in [5.41, 5.74) is 10.00. The van der Waals surface area contributed by atoms with E-state index in [4.69, 9.17) is 13.8 Å². The molecule has 0 fully saturated rings. The average molecular weight is 797 g/mol. The Morgan fingerprint density at radius 2 is 1.18 bits per heavy atom. The maximum absolute atomic E-state index is 9.88. The van der Waals surface area contributed by atoms with Crippen molar-refractivity contribution in [2.45, 2.75) is 26.2 Å². The van der Waals surface area contributed by atoms with Crippen LogP contribution in [0.1, 0.15) is 33.2 Å². The van der Waals surface area contributed by atoms with Gasteiger partial charge in [0, 0.05) is 50.8 Å². The number of imidazole rings is 1. The molecule has 0 atom stereocenters. The smallest absolute Gasteiger partial charge is 0.215 e. The lowest BCUT2D eigenvalue weighted by Crippen LogP contribution is -2.25. The summed E-state index contributed by atoms with van der Waals surface area (Å²) >= 11 is 0. The molecule has 0 radical (unpaired) electrons. The fraction of sp³-hybridized carbons (Fsp3) is 0.109. The molecule has 296 valence electrons. The van der Waals surface area contributed by atoms with Gasteiger partial charge >= 0.3 is 0 Å². The highest BCUT2D eigenvalue weighted by molar-refractivity contribution is 6.09. The first-order valence-electron chi connectivity index (χ1n) is 23.1. The Balaban J connectivity index is 1.03. The molecule has 0 aliphatic carbocycles. The minimum atomic E-state index is -2.49. The first-order chi connectivity index (χ1) is 31.9. The lowest BCUT2D eigenvalue weighted by atomic mass is 9.82. The number of hydrogen-bond donors (Lipinski definition) is 0. The second-order valence-corrected chi connectivity index (χ2v) is 16.6. The largest absolute Gasteiger partial charge is 0.457 e. The van der Waals surface area contributed by atoms with Gasteiger partial charge in [-0.15, -0.1) is 0 Å². The predicted octanol–water partition coefficient (Wildman–Crippen LogP) is 14.3. The van der Waals surface area contributed by atoms with Crippen molar-refractivity contribution in [3.05, 3.63) is 194 Å². The first kappa shape index (κ1) is 31.4. The molecule has 0 saturated carbocycles. The molecule has 11 rings (SSSR count). The van der Waals surface area contributed by atoms with Crippen molar-refractivity contribution < 1.29 is 11.6 Å². The fourth-order valence-corrected chi connectivity index (χ4v) is 8.67. The van der Waals surface area contributed by atoms with Crippen molar-refractivity contribution >= 4 is 55.6 Å². The van der Waals surface area contributed by atoms with Crippen molar-refractivity contribution in [3.8, 4) is 39.7 Å². The van der Waals surface area contributed by atoms with Crippen LogP contribution < -0.4 is 14.5 Å². The van der Waals surface area contributed by atoms with E-state index in [-0.39, 0.29) is 0 Å². The standard InChI is InChI=1S/C55H45N5O/c1-55(2,3)39-32-45(37-18-7-5-8-19-37)53(46(33-39)38-20-9-6-10-21-38)59-36-58(50-28-15-16-29-51(50)59)40-22-17-23-41(34-40)61-42-30-31-44-43-24-11-13-26-48(43)60(52(44)35-42)54-56-47-25-12-14-27-49(47)57(54)4/h5-35H,36H2,1-4H3/i4D3,32D,33D. The van der Waals surface area contributed by atoms with Crippen LogP contribution in [0.4, 0.5) is 22.7 Å². The Morgan fingerprint density at radius 3 is 1.89 bits per heavy atom. The van der Waals surface area contributed by atoms with Crippen LogP contribution in [0, 0.1) is 0 Å². The molecule has 8 aromatic carbocycles. The van der Waals surface area contributed by atoms with Gasteiger partial charge in [-0.05, 0) is 88.8 Å². The van der Waals surface area contributed by atoms with E-state index in [0.29, 0.717) is 52.8 Å². The maximum Gasteiger partial charge on any atom is 0.215 e. The summed E-state index contributed by atoms with van der Waals surface area (Å²) in [5, 5.41) is 1.91. The van der Waals surface area contributed by atoms with E-state index in [2.05, 4.69) is 73.0 Å². The van der Waals surface area contributed by atoms with Crippen molar-refractivity contribution in [3.63, 3.8) is 0 Å². The van der Waals surface area contributed by atoms with E-state index in [1.165, 1.54) is 4.57 Å². The summed E-state index contributed by atoms with van der Waals surface area (Å²) in [6.07, 6.45) is 0. The Labute approximate surface area is 363 Å². The zero-order chi connectivity index (χ0) is 45.5. The Bertz CT molecular complexity index is 3430. The van der Waals surface area contributed by atoms with Gasteiger partial charge in [0.1, 0.15) is 18.2 Å². The van der Waals surface area contributed by atoms with Crippen LogP contribution in [0.2, 0.25) is 0 Å². The van der Waals surface area contributed by atoms with Crippen LogP contribution in [-0.2, 0) is 12.4 Å². The highest BCUT2D eigenvalue weighted by atomic mass is 16.5. The van der Waals surface area contributed by atoms with E-state index in [1.807, 2.05) is 132 Å². The minimum absolute atomic E-state index is 0.299. The average Bonchev–Trinajstić information content (AvgIpc) is 3.99. The molecule has 0 saturated heterocycles. The number of para-hydroxylation sites is 5. The zero-order valence-electron chi connectivity index (χ0n) is 39.1. The summed E-state index contributed by atoms with van der Waals surface area (Å²) in [6, 6.07) is 58.4. The van der Waals surface area contributed by atoms with Gasteiger partial charge in [-0.3, -0.25) is 4.57 Å². The second-order valence-electron chi connectivity index (χ2n) is 16.6. The molecule has 0 unspecified atom stereocenters. The number of fused-ring (bicyclic) bond motifs is 5. The summed E-state index contributed by atoms with van der Waals surface area (Å²) in [4.78, 5) is 9.41. The van der Waals surface area contributed by atoms with Crippen molar-refractivity contribution in [2.24, 2.45) is 6.98 Å². The summed E-state index contributed by atoms with van der Waals surface area (Å²) in [5.74, 6) is 1.49. The Hall–Kier alpha value is -7.57. The highest BCUT2D eigenvalue weighted by Crippen LogP contribution is 2.51. The number of nitrogens with zero attached hydrogens (tertiary/aromatic N) is 5. The lowest BCUT2D eigenvalue weighted by molar-refractivity contribution is 0.483. The van der Waals surface area contributed by atoms with Gasteiger partial charge in [-0.2, -0.15) is 0 Å². The van der Waals surface area contributed by atoms with E-state index in [0.717, 1.165) is 66.8 Å². The Morgan fingerprint density at radius 1 is 0.574 bits per heavy atom. The molecule has 61 heavy (non-hydrogen) atoms. The van der Waals surface area contributed by atoms with Gasteiger partial charge in [0.05, 0.1) is 41.9 Å². The molecule has 3 heterocycles. The van der Waals surface area contributed by atoms with Gasteiger partial charge in [-0.25, -0.2) is 4.98 Å². The topological polar surface area (TPSA) is 38.5 Å². The third-order valence-electron chi connectivity index (χ3n) is 11.6. The van der Waals surface area contributed by atoms with E-state index >= 15 is 0 Å². The molecule has 2 aromatic heterocycles. The van der Waals surface area contributed by atoms with Crippen molar-refractivity contribution in [1.82, 2.24) is 14.1 Å². The third-order valence-corrected chi connectivity index (χ3v) is 11.6. The number of rotatable bonds is 7. The zero-order valence-corrected chi connectivity index (χ0v) is 34.1. The van der Waals surface area contributed by atoms with Gasteiger partial charge in [0.25, 0.3) is 0 Å². The first-order valence-corrected chi connectivity index (χ1v) is 20.6. The molecule has 0 amide bonds. The van der Waals surface area contributed by atoms with Crippen LogP contribution >= 0.6 is 0 Å². The van der Waals surface area contributed by atoms with Crippen LogP contribution in [0.15, 0.2) is 188 Å². The molecule has 0 bridgehead atoms. The molecule has 6 heteroatoms. The van der Waals surface area contributed by atoms with Gasteiger partial charge < -0.3 is 19.1 Å². The van der Waals surface area contributed by atoms with E-state index < -0.39 is 12.4 Å². The summed E-state index contributed by atoms with van der Waals surface area (Å²) in [6.45, 7) is 4.17. The minimum Gasteiger partial charge on any atom is -0.457 e. The number of hydrogen-bond acceptors (Lipinski definition) is 4. The SMILES string of the molecule is [2H]c1c(-c2ccccc2)c(N2CN(c3cccc(Oc4ccc5c6ccccc6n(-c6nc7ccccc7n6C([2H])([2H])[2H])c5c4)c3)c3ccccc32)c(-c2ccccc2)c([2H])c1C(C)(C)C. The van der Waals surface area contributed by atoms with Gasteiger partial charge in [0.2, 0.25) is 5.95 Å². The number of aryl methyl sites for hydroxylation is 1. The van der Waals surface area contributed by atoms with E-state index in [9.17, 15) is 2.74 Å². The summed E-state index contributed by atoms with van der Waals surface area (Å²) < 4.78 is 55.4. The molecule has 1 aliphatic heterocycles. The van der Waals surface area contributed by atoms with Crippen LogP contribution in [0.25, 0.3) is 61.0 Å². The number of benzene rings is 8. The van der Waals surface area contributed by atoms with Crippen LogP contribution in [-0.4, -0.2) is 20.8 Å². The van der Waals surface area contributed by atoms with Gasteiger partial charge in [0.15, 0.2) is 0 Å². The van der Waals surface area contributed by atoms with Crippen molar-refractivity contribution in [2.75, 3.05) is 16.5 Å². The molecular formula is C55H45N5O. The van der Waals surface area contributed by atoms with Gasteiger partial charge in [-0.1, -0.05) is 130 Å². The summed E-state index contributed by atoms with van der Waals surface area (Å²) in [7, 11) is 0. The quantitative estimate of drug-likeness (QED) is 0.161. The lowest BCUT2D eigenvalue weighted by Gasteiger charge is -2.30. The molecule has 0 spiro atoms. The molecular weight excluding hydrogens is 747 g/mol. The normalized spacial score (nSPS) is 14.2. The monoisotopic (exact) mass is 796 g/mol.